The summed E-state index contributed by atoms with van der Waals surface area (Å²) in [6, 6.07) is 0.314. The Labute approximate surface area is 134 Å². The number of hydrogen-bond donors (Lipinski definition) is 0. The highest BCUT2D eigenvalue weighted by Crippen LogP contribution is 2.45. The van der Waals surface area contributed by atoms with Crippen molar-refractivity contribution in [3.63, 3.8) is 0 Å². The predicted molar refractivity (Wildman–Crippen MR) is 85.9 cm³/mol. The number of likely N-dealkylation sites (N-methyl/N-ethyl adjacent to an activating group) is 1. The molecule has 0 radical (unpaired) electrons. The SMILES string of the molecule is CC1CC2(C)OC(C(C)(C)N3CCOCC3)N(C)C2C(C)O1. The molecule has 5 nitrogen and oxygen atoms in total. The fourth-order valence-electron chi connectivity index (χ4n) is 4.98. The lowest BCUT2D eigenvalue weighted by molar-refractivity contribution is -0.160. The van der Waals surface area contributed by atoms with Gasteiger partial charge in [0.05, 0.1) is 42.6 Å². The van der Waals surface area contributed by atoms with E-state index in [1.165, 1.54) is 0 Å². The maximum absolute atomic E-state index is 6.69. The van der Waals surface area contributed by atoms with Crippen LogP contribution in [0.1, 0.15) is 41.0 Å². The van der Waals surface area contributed by atoms with E-state index in [1.807, 2.05) is 0 Å². The third kappa shape index (κ3) is 2.61. The summed E-state index contributed by atoms with van der Waals surface area (Å²) in [6.07, 6.45) is 1.50. The van der Waals surface area contributed by atoms with Crippen LogP contribution in [0.5, 0.6) is 0 Å². The van der Waals surface area contributed by atoms with E-state index in [-0.39, 0.29) is 29.6 Å². The van der Waals surface area contributed by atoms with Crippen molar-refractivity contribution >= 4 is 0 Å². The molecule has 3 fully saturated rings. The summed E-state index contributed by atoms with van der Waals surface area (Å²) in [4.78, 5) is 4.92. The van der Waals surface area contributed by atoms with E-state index < -0.39 is 0 Å². The molecule has 5 heteroatoms. The maximum atomic E-state index is 6.69. The van der Waals surface area contributed by atoms with Crippen LogP contribution in [0.2, 0.25) is 0 Å². The topological polar surface area (TPSA) is 34.2 Å². The molecule has 0 saturated carbocycles. The van der Waals surface area contributed by atoms with Crippen LogP contribution >= 0.6 is 0 Å². The van der Waals surface area contributed by atoms with Gasteiger partial charge in [-0.25, -0.2) is 0 Å². The minimum absolute atomic E-state index is 0.0398. The van der Waals surface area contributed by atoms with Crippen molar-refractivity contribution in [1.29, 1.82) is 0 Å². The summed E-state index contributed by atoms with van der Waals surface area (Å²) in [7, 11) is 2.19. The highest BCUT2D eigenvalue weighted by atomic mass is 16.6. The van der Waals surface area contributed by atoms with Crippen molar-refractivity contribution in [3.8, 4) is 0 Å². The fourth-order valence-corrected chi connectivity index (χ4v) is 4.98. The van der Waals surface area contributed by atoms with Gasteiger partial charge in [0.2, 0.25) is 0 Å². The lowest BCUT2D eigenvalue weighted by atomic mass is 9.84. The molecule has 5 unspecified atom stereocenters. The Balaban J connectivity index is 1.83. The van der Waals surface area contributed by atoms with Crippen LogP contribution in [0, 0.1) is 0 Å². The Morgan fingerprint density at radius 1 is 1.14 bits per heavy atom. The van der Waals surface area contributed by atoms with E-state index in [1.54, 1.807) is 0 Å². The number of nitrogens with zero attached hydrogens (tertiary/aromatic N) is 2. The van der Waals surface area contributed by atoms with Gasteiger partial charge in [-0.05, 0) is 41.7 Å². The van der Waals surface area contributed by atoms with Gasteiger partial charge in [0, 0.05) is 19.5 Å². The molecule has 22 heavy (non-hydrogen) atoms. The monoisotopic (exact) mass is 312 g/mol. The van der Waals surface area contributed by atoms with Crippen LogP contribution in [0.4, 0.5) is 0 Å². The minimum atomic E-state index is -0.125. The van der Waals surface area contributed by atoms with E-state index in [2.05, 4.69) is 51.5 Å². The molecule has 0 aliphatic carbocycles. The molecule has 0 spiro atoms. The molecule has 3 rings (SSSR count). The van der Waals surface area contributed by atoms with Gasteiger partial charge in [0.1, 0.15) is 6.23 Å². The first-order chi connectivity index (χ1) is 10.3. The molecule has 3 saturated heterocycles. The second-order valence-electron chi connectivity index (χ2n) is 8.00. The lowest BCUT2D eigenvalue weighted by Crippen LogP contribution is -2.61. The number of fused-ring (bicyclic) bond motifs is 1. The molecule has 128 valence electrons. The zero-order valence-corrected chi connectivity index (χ0v) is 15.0. The first kappa shape index (κ1) is 16.7. The van der Waals surface area contributed by atoms with Gasteiger partial charge in [-0.3, -0.25) is 9.80 Å². The van der Waals surface area contributed by atoms with Crippen molar-refractivity contribution in [1.82, 2.24) is 9.80 Å². The van der Waals surface area contributed by atoms with E-state index >= 15 is 0 Å². The third-order valence-corrected chi connectivity index (χ3v) is 5.83. The third-order valence-electron chi connectivity index (χ3n) is 5.83. The molecule has 0 amide bonds. The average molecular weight is 312 g/mol. The summed E-state index contributed by atoms with van der Waals surface area (Å²) >= 11 is 0. The van der Waals surface area contributed by atoms with Crippen molar-refractivity contribution in [2.45, 2.75) is 76.7 Å². The van der Waals surface area contributed by atoms with Gasteiger partial charge in [-0.15, -0.1) is 0 Å². The number of morpholine rings is 1. The van der Waals surface area contributed by atoms with Crippen LogP contribution < -0.4 is 0 Å². The van der Waals surface area contributed by atoms with Crippen molar-refractivity contribution in [2.75, 3.05) is 33.4 Å². The molecule has 3 aliphatic heterocycles. The van der Waals surface area contributed by atoms with Crippen LogP contribution in [-0.2, 0) is 14.2 Å². The lowest BCUT2D eigenvalue weighted by Gasteiger charge is -2.46. The molecule has 0 aromatic rings. The minimum Gasteiger partial charge on any atom is -0.379 e. The highest BCUT2D eigenvalue weighted by molar-refractivity contribution is 5.08. The molecule has 5 atom stereocenters. The van der Waals surface area contributed by atoms with Crippen LogP contribution in [-0.4, -0.2) is 78.8 Å². The molecule has 3 aliphatic rings. The van der Waals surface area contributed by atoms with Crippen molar-refractivity contribution < 1.29 is 14.2 Å². The van der Waals surface area contributed by atoms with E-state index in [4.69, 9.17) is 14.2 Å². The number of rotatable bonds is 2. The Bertz CT molecular complexity index is 411. The Kier molecular flexibility index (Phi) is 4.32. The summed E-state index contributed by atoms with van der Waals surface area (Å²) in [5.74, 6) is 0. The summed E-state index contributed by atoms with van der Waals surface area (Å²) < 4.78 is 18.3. The normalized spacial score (nSPS) is 45.0. The summed E-state index contributed by atoms with van der Waals surface area (Å²) in [5, 5.41) is 0. The Morgan fingerprint density at radius 3 is 2.41 bits per heavy atom. The molecular weight excluding hydrogens is 280 g/mol. The van der Waals surface area contributed by atoms with Crippen molar-refractivity contribution in [3.05, 3.63) is 0 Å². The zero-order chi connectivity index (χ0) is 16.1. The van der Waals surface area contributed by atoms with Gasteiger partial charge in [-0.2, -0.15) is 0 Å². The molecule has 0 N–H and O–H groups in total. The molecule has 0 bridgehead atoms. The van der Waals surface area contributed by atoms with Crippen LogP contribution in [0.15, 0.2) is 0 Å². The zero-order valence-electron chi connectivity index (χ0n) is 15.0. The largest absolute Gasteiger partial charge is 0.379 e. The maximum Gasteiger partial charge on any atom is 0.129 e. The molecule has 0 aromatic heterocycles. The van der Waals surface area contributed by atoms with Gasteiger partial charge in [0.15, 0.2) is 0 Å². The number of hydrogen-bond acceptors (Lipinski definition) is 5. The fraction of sp³-hybridized carbons (Fsp3) is 1.00. The smallest absolute Gasteiger partial charge is 0.129 e. The van der Waals surface area contributed by atoms with Crippen LogP contribution in [0.25, 0.3) is 0 Å². The quantitative estimate of drug-likeness (QED) is 0.775. The van der Waals surface area contributed by atoms with E-state index in [9.17, 15) is 0 Å². The Hall–Kier alpha value is -0.200. The molecule has 0 aromatic carbocycles. The first-order valence-electron chi connectivity index (χ1n) is 8.64. The standard InChI is InChI=1S/C17H32N2O3/c1-12-11-17(5)14(13(2)21-12)18(6)15(22-17)16(3,4)19-7-9-20-10-8-19/h12-15H,7-11H2,1-6H3. The van der Waals surface area contributed by atoms with Gasteiger partial charge in [-0.1, -0.05) is 0 Å². The highest BCUT2D eigenvalue weighted by Gasteiger charge is 2.58. The van der Waals surface area contributed by atoms with Crippen LogP contribution in [0.3, 0.4) is 0 Å². The second-order valence-corrected chi connectivity index (χ2v) is 8.00. The first-order valence-corrected chi connectivity index (χ1v) is 8.64. The molecule has 3 heterocycles. The van der Waals surface area contributed by atoms with Gasteiger partial charge in [0.25, 0.3) is 0 Å². The molecular formula is C17H32N2O3. The number of ether oxygens (including phenoxy) is 3. The predicted octanol–water partition coefficient (Wildman–Crippen LogP) is 1.71. The van der Waals surface area contributed by atoms with E-state index in [0.29, 0.717) is 6.04 Å². The van der Waals surface area contributed by atoms with Gasteiger partial charge < -0.3 is 14.2 Å². The second kappa shape index (κ2) is 5.71. The Morgan fingerprint density at radius 2 is 1.77 bits per heavy atom. The van der Waals surface area contributed by atoms with E-state index in [0.717, 1.165) is 32.7 Å². The average Bonchev–Trinajstić information content (AvgIpc) is 2.71. The van der Waals surface area contributed by atoms with Gasteiger partial charge >= 0.3 is 0 Å². The summed E-state index contributed by atoms with van der Waals surface area (Å²) in [5.41, 5.74) is -0.165. The van der Waals surface area contributed by atoms with Crippen molar-refractivity contribution in [2.24, 2.45) is 0 Å². The summed E-state index contributed by atoms with van der Waals surface area (Å²) in [6.45, 7) is 14.8.